The molecule has 0 radical (unpaired) electrons. The lowest BCUT2D eigenvalue weighted by Gasteiger charge is -2.37. The summed E-state index contributed by atoms with van der Waals surface area (Å²) in [6.45, 7) is 3.49. The number of halogens is 1. The van der Waals surface area contributed by atoms with E-state index in [1.165, 1.54) is 0 Å². The average molecular weight is 396 g/mol. The van der Waals surface area contributed by atoms with Gasteiger partial charge in [-0.1, -0.05) is 11.6 Å². The van der Waals surface area contributed by atoms with E-state index >= 15 is 0 Å². The van der Waals surface area contributed by atoms with Crippen molar-refractivity contribution in [2.75, 3.05) is 0 Å². The monoisotopic (exact) mass is 395 g/mol. The third-order valence-electron chi connectivity index (χ3n) is 5.34. The summed E-state index contributed by atoms with van der Waals surface area (Å²) in [7, 11) is -3.55. The summed E-state index contributed by atoms with van der Waals surface area (Å²) in [5, 5.41) is 7.52. The fourth-order valence-electron chi connectivity index (χ4n) is 4.30. The molecule has 140 valence electrons. The van der Waals surface area contributed by atoms with Gasteiger partial charge in [-0.25, -0.2) is 8.42 Å². The van der Waals surface area contributed by atoms with Crippen molar-refractivity contribution in [3.8, 4) is 5.75 Å². The second-order valence-electron chi connectivity index (χ2n) is 7.15. The van der Waals surface area contributed by atoms with Crippen LogP contribution in [0.4, 0.5) is 0 Å². The molecule has 0 spiro atoms. The van der Waals surface area contributed by atoms with Crippen LogP contribution in [0.3, 0.4) is 0 Å². The molecule has 0 amide bonds. The Hall–Kier alpha value is -1.57. The van der Waals surface area contributed by atoms with Gasteiger partial charge in [0.15, 0.2) is 0 Å². The summed E-state index contributed by atoms with van der Waals surface area (Å²) < 4.78 is 34.3. The molecular formula is C18H22ClN3O3S. The highest BCUT2D eigenvalue weighted by Crippen LogP contribution is 2.41. The largest absolute Gasteiger partial charge is 0.490 e. The Balaban J connectivity index is 1.55. The molecule has 0 saturated carbocycles. The number of piperidine rings is 1. The summed E-state index contributed by atoms with van der Waals surface area (Å²) in [6.07, 6.45) is 3.18. The molecule has 2 unspecified atom stereocenters. The smallest absolute Gasteiger partial charge is 0.247 e. The highest BCUT2D eigenvalue weighted by molar-refractivity contribution is 7.89. The quantitative estimate of drug-likeness (QED) is 0.860. The summed E-state index contributed by atoms with van der Waals surface area (Å²) >= 11 is 5.92. The molecule has 2 aliphatic rings. The van der Waals surface area contributed by atoms with Crippen LogP contribution >= 0.6 is 11.6 Å². The average Bonchev–Trinajstić information content (AvgIpc) is 3.07. The van der Waals surface area contributed by atoms with Crippen LogP contribution in [0.1, 0.15) is 37.1 Å². The molecule has 1 N–H and O–H groups in total. The van der Waals surface area contributed by atoms with Crippen LogP contribution in [0.2, 0.25) is 5.02 Å². The topological polar surface area (TPSA) is 75.3 Å². The molecular weight excluding hydrogens is 374 g/mol. The Bertz CT molecular complexity index is 877. The molecule has 1 aromatic carbocycles. The molecule has 8 heteroatoms. The standard InChI is InChI=1S/C18H22ClN3O3S/c1-11-18(12(2)21-20-11)26(23,24)22-14-5-6-15(22)10-17(9-14)25-16-7-3-13(19)4-8-16/h3-4,7-8,14-15,17H,5-6,9-10H2,1-2H3,(H,20,21). The van der Waals surface area contributed by atoms with Gasteiger partial charge in [-0.15, -0.1) is 0 Å². The fourth-order valence-corrected chi connectivity index (χ4v) is 6.66. The Kier molecular flexibility index (Phi) is 4.49. The van der Waals surface area contributed by atoms with Gasteiger partial charge >= 0.3 is 0 Å². The second kappa shape index (κ2) is 6.55. The lowest BCUT2D eigenvalue weighted by Crippen LogP contribution is -2.49. The number of nitrogens with one attached hydrogen (secondary N) is 1. The maximum Gasteiger partial charge on any atom is 0.247 e. The Morgan fingerprint density at radius 3 is 2.31 bits per heavy atom. The zero-order chi connectivity index (χ0) is 18.5. The number of H-pyrrole nitrogens is 1. The van der Waals surface area contributed by atoms with Crippen LogP contribution in [-0.2, 0) is 10.0 Å². The predicted molar refractivity (Wildman–Crippen MR) is 99.0 cm³/mol. The van der Waals surface area contributed by atoms with E-state index in [1.807, 2.05) is 12.1 Å². The van der Waals surface area contributed by atoms with Gasteiger partial charge in [0.2, 0.25) is 10.0 Å². The van der Waals surface area contributed by atoms with Crippen molar-refractivity contribution in [3.05, 3.63) is 40.7 Å². The molecule has 1 aromatic heterocycles. The Labute approximate surface area is 158 Å². The van der Waals surface area contributed by atoms with Crippen molar-refractivity contribution < 1.29 is 13.2 Å². The molecule has 2 fully saturated rings. The SMILES string of the molecule is Cc1n[nH]c(C)c1S(=O)(=O)N1C2CCC1CC(Oc1ccc(Cl)cc1)C2. The fraction of sp³-hybridized carbons (Fsp3) is 0.500. The molecule has 4 rings (SSSR count). The van der Waals surface area contributed by atoms with E-state index in [-0.39, 0.29) is 18.2 Å². The van der Waals surface area contributed by atoms with Crippen LogP contribution in [0, 0.1) is 13.8 Å². The maximum atomic E-state index is 13.3. The van der Waals surface area contributed by atoms with Gasteiger partial charge in [0.05, 0.1) is 11.4 Å². The van der Waals surface area contributed by atoms with Crippen LogP contribution < -0.4 is 4.74 Å². The van der Waals surface area contributed by atoms with Crippen LogP contribution in [0.25, 0.3) is 0 Å². The number of rotatable bonds is 4. The molecule has 2 bridgehead atoms. The van der Waals surface area contributed by atoms with Crippen molar-refractivity contribution in [2.45, 2.75) is 62.6 Å². The highest BCUT2D eigenvalue weighted by atomic mass is 35.5. The molecule has 2 aliphatic heterocycles. The maximum absolute atomic E-state index is 13.3. The number of aromatic amines is 1. The van der Waals surface area contributed by atoms with Crippen molar-refractivity contribution in [1.29, 1.82) is 0 Å². The summed E-state index contributed by atoms with van der Waals surface area (Å²) in [6, 6.07) is 7.26. The minimum Gasteiger partial charge on any atom is -0.490 e. The molecule has 2 saturated heterocycles. The number of ether oxygens (including phenoxy) is 1. The number of aromatic nitrogens is 2. The van der Waals surface area contributed by atoms with Gasteiger partial charge in [0.1, 0.15) is 16.7 Å². The molecule has 3 heterocycles. The number of nitrogens with zero attached hydrogens (tertiary/aromatic N) is 2. The summed E-state index contributed by atoms with van der Waals surface area (Å²) in [5.74, 6) is 0.775. The summed E-state index contributed by atoms with van der Waals surface area (Å²) in [4.78, 5) is 0.325. The van der Waals surface area contributed by atoms with E-state index in [2.05, 4.69) is 10.2 Å². The van der Waals surface area contributed by atoms with E-state index in [1.54, 1.807) is 30.3 Å². The van der Waals surface area contributed by atoms with E-state index < -0.39 is 10.0 Å². The molecule has 6 nitrogen and oxygen atoms in total. The van der Waals surface area contributed by atoms with E-state index in [0.29, 0.717) is 34.1 Å². The number of benzene rings is 1. The van der Waals surface area contributed by atoms with E-state index in [0.717, 1.165) is 18.6 Å². The zero-order valence-electron chi connectivity index (χ0n) is 14.8. The minimum absolute atomic E-state index is 0.0201. The first-order valence-corrected chi connectivity index (χ1v) is 10.7. The normalized spacial score (nSPS) is 26.2. The minimum atomic E-state index is -3.55. The number of fused-ring (bicyclic) bond motifs is 2. The first-order chi connectivity index (χ1) is 12.4. The lowest BCUT2D eigenvalue weighted by molar-refractivity contribution is 0.0956. The molecule has 2 atom stereocenters. The van der Waals surface area contributed by atoms with Crippen molar-refractivity contribution in [1.82, 2.24) is 14.5 Å². The van der Waals surface area contributed by atoms with Gasteiger partial charge < -0.3 is 4.74 Å². The van der Waals surface area contributed by atoms with Crippen LogP contribution in [-0.4, -0.2) is 41.1 Å². The lowest BCUT2D eigenvalue weighted by atomic mass is 10.0. The predicted octanol–water partition coefficient (Wildman–Crippen LogP) is 3.44. The van der Waals surface area contributed by atoms with E-state index in [4.69, 9.17) is 16.3 Å². The molecule has 2 aromatic rings. The first-order valence-electron chi connectivity index (χ1n) is 8.83. The van der Waals surface area contributed by atoms with Crippen molar-refractivity contribution in [3.63, 3.8) is 0 Å². The molecule has 26 heavy (non-hydrogen) atoms. The van der Waals surface area contributed by atoms with Crippen LogP contribution in [0.15, 0.2) is 29.2 Å². The number of sulfonamides is 1. The molecule has 0 aliphatic carbocycles. The second-order valence-corrected chi connectivity index (χ2v) is 9.36. The number of hydrogen-bond acceptors (Lipinski definition) is 4. The van der Waals surface area contributed by atoms with Gasteiger partial charge in [0.25, 0.3) is 0 Å². The van der Waals surface area contributed by atoms with Gasteiger partial charge in [-0.2, -0.15) is 9.40 Å². The van der Waals surface area contributed by atoms with Crippen molar-refractivity contribution in [2.24, 2.45) is 0 Å². The van der Waals surface area contributed by atoms with Gasteiger partial charge in [-0.05, 0) is 51.0 Å². The number of aryl methyl sites for hydroxylation is 2. The Morgan fingerprint density at radius 2 is 1.77 bits per heavy atom. The summed E-state index contributed by atoms with van der Waals surface area (Å²) in [5.41, 5.74) is 1.13. The van der Waals surface area contributed by atoms with Crippen LogP contribution in [0.5, 0.6) is 5.75 Å². The highest BCUT2D eigenvalue weighted by Gasteiger charge is 2.48. The van der Waals surface area contributed by atoms with Gasteiger partial charge in [0, 0.05) is 29.9 Å². The van der Waals surface area contributed by atoms with Gasteiger partial charge in [-0.3, -0.25) is 5.10 Å². The third kappa shape index (κ3) is 3.02. The van der Waals surface area contributed by atoms with Crippen molar-refractivity contribution >= 4 is 21.6 Å². The Morgan fingerprint density at radius 1 is 1.15 bits per heavy atom. The third-order valence-corrected chi connectivity index (χ3v) is 7.86. The first kappa shape index (κ1) is 17.8. The van der Waals surface area contributed by atoms with E-state index in [9.17, 15) is 8.42 Å². The number of hydrogen-bond donors (Lipinski definition) is 1. The zero-order valence-corrected chi connectivity index (χ0v) is 16.3.